The summed E-state index contributed by atoms with van der Waals surface area (Å²) in [4.78, 5) is 27.4. The summed E-state index contributed by atoms with van der Waals surface area (Å²) in [5, 5.41) is 12.9. The van der Waals surface area contributed by atoms with Gasteiger partial charge in [-0.25, -0.2) is 0 Å². The number of rotatable bonds is 8. The third kappa shape index (κ3) is 7.41. The van der Waals surface area contributed by atoms with Crippen LogP contribution in [0.5, 0.6) is 0 Å². The van der Waals surface area contributed by atoms with Crippen molar-refractivity contribution in [2.24, 2.45) is 7.05 Å². The van der Waals surface area contributed by atoms with Gasteiger partial charge < -0.3 is 20.9 Å². The standard InChI is InChI=1S/C21H30N6O2.2ClH/c1-15(24-21(29)20(22-2)16-13-23-26(3)14-16)11-19(28)25-17-7-6-8-18(12-17)27-9-4-5-10-27;;/h6-8,12-15,20,22H,4-5,9-11H2,1-3H3,(H,24,29)(H,25,28);2*1H. The van der Waals surface area contributed by atoms with Crippen LogP contribution in [0.2, 0.25) is 0 Å². The maximum atomic E-state index is 12.6. The molecule has 172 valence electrons. The second-order valence-corrected chi connectivity index (χ2v) is 7.58. The Labute approximate surface area is 196 Å². The van der Waals surface area contributed by atoms with Crippen molar-refractivity contribution in [3.05, 3.63) is 42.2 Å². The zero-order valence-corrected chi connectivity index (χ0v) is 19.8. The van der Waals surface area contributed by atoms with Crippen LogP contribution in [0.4, 0.5) is 11.4 Å². The van der Waals surface area contributed by atoms with Crippen LogP contribution >= 0.6 is 24.8 Å². The molecule has 10 heteroatoms. The SMILES string of the molecule is CNC(C(=O)NC(C)CC(=O)Nc1cccc(N2CCCC2)c1)c1cnn(C)c1.Cl.Cl. The molecule has 1 aromatic heterocycles. The molecule has 0 bridgehead atoms. The molecule has 1 aromatic carbocycles. The molecule has 2 amide bonds. The molecule has 0 aliphatic carbocycles. The number of likely N-dealkylation sites (N-methyl/N-ethyl adjacent to an activating group) is 1. The largest absolute Gasteiger partial charge is 0.371 e. The van der Waals surface area contributed by atoms with Gasteiger partial charge in [0.2, 0.25) is 11.8 Å². The number of aromatic nitrogens is 2. The monoisotopic (exact) mass is 470 g/mol. The Balaban J connectivity index is 0.00000240. The number of hydrogen-bond donors (Lipinski definition) is 3. The summed E-state index contributed by atoms with van der Waals surface area (Å²) in [6, 6.07) is 7.12. The van der Waals surface area contributed by atoms with Gasteiger partial charge >= 0.3 is 0 Å². The van der Waals surface area contributed by atoms with Gasteiger partial charge in [-0.3, -0.25) is 14.3 Å². The molecule has 1 fully saturated rings. The molecule has 3 rings (SSSR count). The Morgan fingerprint density at radius 2 is 1.90 bits per heavy atom. The van der Waals surface area contributed by atoms with Gasteiger partial charge in [-0.15, -0.1) is 24.8 Å². The third-order valence-electron chi connectivity index (χ3n) is 5.09. The maximum absolute atomic E-state index is 12.6. The number of nitrogens with zero attached hydrogens (tertiary/aromatic N) is 3. The van der Waals surface area contributed by atoms with Crippen LogP contribution in [0.3, 0.4) is 0 Å². The van der Waals surface area contributed by atoms with Crippen molar-refractivity contribution in [3.63, 3.8) is 0 Å². The van der Waals surface area contributed by atoms with Crippen LogP contribution in [0.25, 0.3) is 0 Å². The maximum Gasteiger partial charge on any atom is 0.242 e. The normalized spacial score (nSPS) is 14.7. The molecular formula is C21H32Cl2N6O2. The van der Waals surface area contributed by atoms with Crippen LogP contribution in [-0.2, 0) is 16.6 Å². The van der Waals surface area contributed by atoms with E-state index in [9.17, 15) is 9.59 Å². The summed E-state index contributed by atoms with van der Waals surface area (Å²) in [6.45, 7) is 3.95. The quantitative estimate of drug-likeness (QED) is 0.551. The Morgan fingerprint density at radius 1 is 1.19 bits per heavy atom. The Bertz CT molecular complexity index is 854. The molecule has 31 heavy (non-hydrogen) atoms. The molecule has 2 unspecified atom stereocenters. The van der Waals surface area contributed by atoms with Crippen molar-refractivity contribution in [1.82, 2.24) is 20.4 Å². The summed E-state index contributed by atoms with van der Waals surface area (Å²) in [5.41, 5.74) is 2.69. The average Bonchev–Trinajstić information content (AvgIpc) is 3.34. The van der Waals surface area contributed by atoms with E-state index in [4.69, 9.17) is 0 Å². The number of aryl methyl sites for hydroxylation is 1. The van der Waals surface area contributed by atoms with Gasteiger partial charge in [-0.05, 0) is 45.0 Å². The molecule has 0 saturated carbocycles. The van der Waals surface area contributed by atoms with E-state index in [0.717, 1.165) is 30.0 Å². The Morgan fingerprint density at radius 3 is 2.52 bits per heavy atom. The summed E-state index contributed by atoms with van der Waals surface area (Å²) in [7, 11) is 3.53. The molecule has 1 aliphatic heterocycles. The predicted molar refractivity (Wildman–Crippen MR) is 128 cm³/mol. The van der Waals surface area contributed by atoms with Crippen LogP contribution in [0.15, 0.2) is 36.7 Å². The third-order valence-corrected chi connectivity index (χ3v) is 5.09. The summed E-state index contributed by atoms with van der Waals surface area (Å²) < 4.78 is 1.65. The number of halogens is 2. The van der Waals surface area contributed by atoms with E-state index in [2.05, 4.69) is 32.0 Å². The van der Waals surface area contributed by atoms with E-state index in [0.29, 0.717) is 0 Å². The van der Waals surface area contributed by atoms with Gasteiger partial charge in [0.15, 0.2) is 0 Å². The van der Waals surface area contributed by atoms with E-state index >= 15 is 0 Å². The van der Waals surface area contributed by atoms with Gasteiger partial charge in [-0.2, -0.15) is 5.10 Å². The van der Waals surface area contributed by atoms with Crippen molar-refractivity contribution < 1.29 is 9.59 Å². The zero-order chi connectivity index (χ0) is 20.8. The van der Waals surface area contributed by atoms with Gasteiger partial charge in [0.1, 0.15) is 6.04 Å². The van der Waals surface area contributed by atoms with E-state index in [1.165, 1.54) is 12.8 Å². The minimum Gasteiger partial charge on any atom is -0.371 e. The lowest BCUT2D eigenvalue weighted by Crippen LogP contribution is -2.41. The molecule has 1 aliphatic rings. The molecule has 2 atom stereocenters. The lowest BCUT2D eigenvalue weighted by Gasteiger charge is -2.20. The highest BCUT2D eigenvalue weighted by Gasteiger charge is 2.22. The summed E-state index contributed by atoms with van der Waals surface area (Å²) in [5.74, 6) is -0.310. The van der Waals surface area contributed by atoms with E-state index in [1.807, 2.05) is 25.1 Å². The Hall–Kier alpha value is -2.29. The fourth-order valence-corrected chi connectivity index (χ4v) is 3.66. The number of nitrogens with one attached hydrogen (secondary N) is 3. The summed E-state index contributed by atoms with van der Waals surface area (Å²) >= 11 is 0. The molecule has 0 spiro atoms. The van der Waals surface area contributed by atoms with Crippen LogP contribution in [-0.4, -0.2) is 47.8 Å². The number of anilines is 2. The van der Waals surface area contributed by atoms with Crippen LogP contribution in [0, 0.1) is 0 Å². The molecule has 8 nitrogen and oxygen atoms in total. The topological polar surface area (TPSA) is 91.3 Å². The predicted octanol–water partition coefficient (Wildman–Crippen LogP) is 2.66. The molecule has 1 saturated heterocycles. The molecule has 2 aromatic rings. The highest BCUT2D eigenvalue weighted by Crippen LogP contribution is 2.23. The number of amides is 2. The zero-order valence-electron chi connectivity index (χ0n) is 18.1. The summed E-state index contributed by atoms with van der Waals surface area (Å²) in [6.07, 6.45) is 6.07. The smallest absolute Gasteiger partial charge is 0.242 e. The average molecular weight is 471 g/mol. The Kier molecular flexibility index (Phi) is 10.8. The van der Waals surface area contributed by atoms with E-state index in [-0.39, 0.29) is 49.1 Å². The number of carbonyl (C=O) groups excluding carboxylic acids is 2. The first-order valence-corrected chi connectivity index (χ1v) is 10.1. The lowest BCUT2D eigenvalue weighted by molar-refractivity contribution is -0.124. The number of hydrogen-bond acceptors (Lipinski definition) is 5. The molecule has 2 heterocycles. The van der Waals surface area contributed by atoms with Crippen molar-refractivity contribution in [3.8, 4) is 0 Å². The number of benzene rings is 1. The molecule has 3 N–H and O–H groups in total. The fourth-order valence-electron chi connectivity index (χ4n) is 3.66. The lowest BCUT2D eigenvalue weighted by atomic mass is 10.1. The van der Waals surface area contributed by atoms with Crippen molar-refractivity contribution in [2.45, 2.75) is 38.3 Å². The second kappa shape index (κ2) is 12.5. The van der Waals surface area contributed by atoms with Crippen LogP contribution < -0.4 is 20.9 Å². The van der Waals surface area contributed by atoms with Crippen LogP contribution in [0.1, 0.15) is 37.8 Å². The molecular weight excluding hydrogens is 439 g/mol. The van der Waals surface area contributed by atoms with E-state index in [1.54, 1.807) is 31.2 Å². The highest BCUT2D eigenvalue weighted by molar-refractivity contribution is 5.92. The van der Waals surface area contributed by atoms with E-state index < -0.39 is 6.04 Å². The van der Waals surface area contributed by atoms with Crippen molar-refractivity contribution >= 4 is 48.0 Å². The first-order chi connectivity index (χ1) is 14.0. The first kappa shape index (κ1) is 26.7. The highest BCUT2D eigenvalue weighted by atomic mass is 35.5. The minimum atomic E-state index is -0.508. The number of carbonyl (C=O) groups is 2. The van der Waals surface area contributed by atoms with Crippen molar-refractivity contribution in [2.75, 3.05) is 30.4 Å². The second-order valence-electron chi connectivity index (χ2n) is 7.58. The molecule has 0 radical (unpaired) electrons. The van der Waals surface area contributed by atoms with Gasteiger partial charge in [0.05, 0.1) is 6.20 Å². The van der Waals surface area contributed by atoms with Gasteiger partial charge in [0, 0.05) is 55.7 Å². The van der Waals surface area contributed by atoms with Crippen molar-refractivity contribution in [1.29, 1.82) is 0 Å². The first-order valence-electron chi connectivity index (χ1n) is 10.1. The fraction of sp³-hybridized carbons (Fsp3) is 0.476. The van der Waals surface area contributed by atoms with Gasteiger partial charge in [-0.1, -0.05) is 6.07 Å². The minimum absolute atomic E-state index is 0. The van der Waals surface area contributed by atoms with Gasteiger partial charge in [0.25, 0.3) is 0 Å².